The van der Waals surface area contributed by atoms with Crippen LogP contribution >= 0.6 is 0 Å². The second kappa shape index (κ2) is 5.00. The second-order valence-electron chi connectivity index (χ2n) is 3.68. The molecule has 94 valence electrons. The van der Waals surface area contributed by atoms with Crippen LogP contribution in [0.1, 0.15) is 17.3 Å². The van der Waals surface area contributed by atoms with Crippen molar-refractivity contribution in [1.82, 2.24) is 4.98 Å². The Kier molecular flexibility index (Phi) is 3.41. The number of hydrogen-bond donors (Lipinski definition) is 1. The lowest BCUT2D eigenvalue weighted by molar-refractivity contribution is 0.0526. The summed E-state index contributed by atoms with van der Waals surface area (Å²) in [7, 11) is 0. The van der Waals surface area contributed by atoms with Crippen molar-refractivity contribution < 1.29 is 18.3 Å². The number of hydrogen-bond acceptors (Lipinski definition) is 2. The first-order chi connectivity index (χ1) is 8.60. The zero-order valence-corrected chi connectivity index (χ0v) is 9.67. The molecule has 0 saturated carbocycles. The molecule has 0 fully saturated rings. The lowest BCUT2D eigenvalue weighted by Crippen LogP contribution is -2.02. The van der Waals surface area contributed by atoms with Gasteiger partial charge in [-0.05, 0) is 25.1 Å². The fourth-order valence-electron chi connectivity index (χ4n) is 1.60. The number of carbonyl (C=O) groups is 1. The van der Waals surface area contributed by atoms with Gasteiger partial charge in [0.2, 0.25) is 0 Å². The number of halogens is 2. The quantitative estimate of drug-likeness (QED) is 0.851. The number of H-pyrrole nitrogens is 1. The van der Waals surface area contributed by atoms with Gasteiger partial charge in [-0.2, -0.15) is 0 Å². The average molecular weight is 251 g/mol. The highest BCUT2D eigenvalue weighted by Crippen LogP contribution is 2.21. The Hall–Kier alpha value is -2.17. The lowest BCUT2D eigenvalue weighted by Gasteiger charge is -1.99. The molecule has 1 N–H and O–H groups in total. The molecule has 0 atom stereocenters. The van der Waals surface area contributed by atoms with E-state index >= 15 is 0 Å². The topological polar surface area (TPSA) is 42.1 Å². The summed E-state index contributed by atoms with van der Waals surface area (Å²) in [5.74, 6) is -1.81. The van der Waals surface area contributed by atoms with Crippen LogP contribution in [0.3, 0.4) is 0 Å². The standard InChI is InChI=1S/C13H11F2NO2/c1-2-18-13(17)9-5-12(16-7-9)8-3-10(14)6-11(15)4-8/h3-7,16H,2H2,1H3. The van der Waals surface area contributed by atoms with Crippen LogP contribution < -0.4 is 0 Å². The van der Waals surface area contributed by atoms with Gasteiger partial charge in [-0.3, -0.25) is 0 Å². The highest BCUT2D eigenvalue weighted by atomic mass is 19.1. The van der Waals surface area contributed by atoms with Crippen molar-refractivity contribution in [2.24, 2.45) is 0 Å². The molecule has 1 aromatic carbocycles. The first kappa shape index (κ1) is 12.3. The van der Waals surface area contributed by atoms with Crippen molar-refractivity contribution in [2.45, 2.75) is 6.92 Å². The summed E-state index contributed by atoms with van der Waals surface area (Å²) in [5, 5.41) is 0. The molecule has 2 rings (SSSR count). The molecule has 0 aliphatic carbocycles. The molecule has 5 heteroatoms. The molecular formula is C13H11F2NO2. The molecule has 1 heterocycles. The Morgan fingerprint density at radius 1 is 1.22 bits per heavy atom. The lowest BCUT2D eigenvalue weighted by atomic mass is 10.1. The van der Waals surface area contributed by atoms with Crippen LogP contribution in [0.5, 0.6) is 0 Å². The number of aromatic nitrogens is 1. The van der Waals surface area contributed by atoms with Crippen LogP contribution in [0.15, 0.2) is 30.5 Å². The number of aromatic amines is 1. The van der Waals surface area contributed by atoms with Gasteiger partial charge >= 0.3 is 5.97 Å². The third-order valence-corrected chi connectivity index (χ3v) is 2.37. The van der Waals surface area contributed by atoms with E-state index in [1.165, 1.54) is 24.4 Å². The number of nitrogens with one attached hydrogen (secondary N) is 1. The molecule has 3 nitrogen and oxygen atoms in total. The van der Waals surface area contributed by atoms with E-state index in [2.05, 4.69) is 4.98 Å². The Bertz CT molecular complexity index is 558. The first-order valence-electron chi connectivity index (χ1n) is 5.42. The Labute approximate surface area is 102 Å². The van der Waals surface area contributed by atoms with E-state index in [9.17, 15) is 13.6 Å². The molecule has 2 aromatic rings. The molecule has 18 heavy (non-hydrogen) atoms. The zero-order chi connectivity index (χ0) is 13.1. The Balaban J connectivity index is 2.32. The summed E-state index contributed by atoms with van der Waals surface area (Å²) >= 11 is 0. The van der Waals surface area contributed by atoms with Crippen molar-refractivity contribution in [3.63, 3.8) is 0 Å². The molecule has 0 aliphatic rings. The van der Waals surface area contributed by atoms with E-state index in [0.717, 1.165) is 6.07 Å². The van der Waals surface area contributed by atoms with Crippen LogP contribution in [0.4, 0.5) is 8.78 Å². The average Bonchev–Trinajstić information content (AvgIpc) is 2.77. The van der Waals surface area contributed by atoms with E-state index in [1.54, 1.807) is 6.92 Å². The predicted molar refractivity (Wildman–Crippen MR) is 62.1 cm³/mol. The molecule has 0 spiro atoms. The summed E-state index contributed by atoms with van der Waals surface area (Å²) in [6.45, 7) is 1.97. The molecule has 0 saturated heterocycles. The van der Waals surface area contributed by atoms with Gasteiger partial charge in [0.25, 0.3) is 0 Å². The largest absolute Gasteiger partial charge is 0.462 e. The van der Waals surface area contributed by atoms with Crippen molar-refractivity contribution in [1.29, 1.82) is 0 Å². The smallest absolute Gasteiger partial charge is 0.339 e. The van der Waals surface area contributed by atoms with Crippen LogP contribution in [0.2, 0.25) is 0 Å². The van der Waals surface area contributed by atoms with Crippen molar-refractivity contribution in [2.75, 3.05) is 6.61 Å². The van der Waals surface area contributed by atoms with E-state index in [-0.39, 0.29) is 6.61 Å². The number of benzene rings is 1. The van der Waals surface area contributed by atoms with Gasteiger partial charge in [-0.1, -0.05) is 0 Å². The normalized spacial score (nSPS) is 10.4. The van der Waals surface area contributed by atoms with Gasteiger partial charge < -0.3 is 9.72 Å². The fraction of sp³-hybridized carbons (Fsp3) is 0.154. The summed E-state index contributed by atoms with van der Waals surface area (Å²) < 4.78 is 30.9. The minimum absolute atomic E-state index is 0.272. The van der Waals surface area contributed by atoms with E-state index in [1.807, 2.05) is 0 Å². The number of esters is 1. The summed E-state index contributed by atoms with van der Waals surface area (Å²) in [4.78, 5) is 14.2. The SMILES string of the molecule is CCOC(=O)c1c[nH]c(-c2cc(F)cc(F)c2)c1. The summed E-state index contributed by atoms with van der Waals surface area (Å²) in [6.07, 6.45) is 1.44. The molecule has 0 amide bonds. The number of rotatable bonds is 3. The van der Waals surface area contributed by atoms with Crippen LogP contribution in [0.25, 0.3) is 11.3 Å². The van der Waals surface area contributed by atoms with Crippen molar-refractivity contribution >= 4 is 5.97 Å². The first-order valence-corrected chi connectivity index (χ1v) is 5.42. The van der Waals surface area contributed by atoms with Gasteiger partial charge in [0.1, 0.15) is 11.6 Å². The molecule has 0 bridgehead atoms. The molecular weight excluding hydrogens is 240 g/mol. The van der Waals surface area contributed by atoms with E-state index in [4.69, 9.17) is 4.74 Å². The molecule has 0 radical (unpaired) electrons. The van der Waals surface area contributed by atoms with E-state index in [0.29, 0.717) is 16.8 Å². The minimum Gasteiger partial charge on any atom is -0.462 e. The Morgan fingerprint density at radius 3 is 2.50 bits per heavy atom. The Morgan fingerprint density at radius 2 is 1.89 bits per heavy atom. The monoisotopic (exact) mass is 251 g/mol. The van der Waals surface area contributed by atoms with Gasteiger partial charge in [-0.15, -0.1) is 0 Å². The van der Waals surface area contributed by atoms with Crippen LogP contribution in [-0.2, 0) is 4.74 Å². The summed E-state index contributed by atoms with van der Waals surface area (Å²) in [5.41, 5.74) is 1.11. The van der Waals surface area contributed by atoms with E-state index < -0.39 is 17.6 Å². The fourth-order valence-corrected chi connectivity index (χ4v) is 1.60. The van der Waals surface area contributed by atoms with Gasteiger partial charge in [0.15, 0.2) is 0 Å². The number of carbonyl (C=O) groups excluding carboxylic acids is 1. The maximum absolute atomic E-state index is 13.1. The van der Waals surface area contributed by atoms with Crippen LogP contribution in [-0.4, -0.2) is 17.6 Å². The predicted octanol–water partition coefficient (Wildman–Crippen LogP) is 3.14. The molecule has 0 aliphatic heterocycles. The van der Waals surface area contributed by atoms with Crippen molar-refractivity contribution in [3.05, 3.63) is 47.7 Å². The maximum Gasteiger partial charge on any atom is 0.339 e. The molecule has 1 aromatic heterocycles. The third-order valence-electron chi connectivity index (χ3n) is 2.37. The zero-order valence-electron chi connectivity index (χ0n) is 9.67. The minimum atomic E-state index is -0.669. The molecule has 0 unspecified atom stereocenters. The van der Waals surface area contributed by atoms with Gasteiger partial charge in [0.05, 0.1) is 12.2 Å². The van der Waals surface area contributed by atoms with Crippen LogP contribution in [0, 0.1) is 11.6 Å². The maximum atomic E-state index is 13.1. The third kappa shape index (κ3) is 2.56. The highest BCUT2D eigenvalue weighted by Gasteiger charge is 2.11. The highest BCUT2D eigenvalue weighted by molar-refractivity contribution is 5.90. The van der Waals surface area contributed by atoms with Gasteiger partial charge in [0, 0.05) is 23.5 Å². The van der Waals surface area contributed by atoms with Gasteiger partial charge in [-0.25, -0.2) is 13.6 Å². The number of ether oxygens (including phenoxy) is 1. The second-order valence-corrected chi connectivity index (χ2v) is 3.68. The summed E-state index contributed by atoms with van der Waals surface area (Å²) in [6, 6.07) is 4.65. The van der Waals surface area contributed by atoms with Crippen molar-refractivity contribution in [3.8, 4) is 11.3 Å².